The zero-order valence-electron chi connectivity index (χ0n) is 8.54. The van der Waals surface area contributed by atoms with Crippen molar-refractivity contribution in [2.75, 3.05) is 0 Å². The molecule has 1 aliphatic rings. The molecular weight excluding hydrogens is 313 g/mol. The molecule has 80 valence electrons. The Morgan fingerprint density at radius 3 is 2.50 bits per heavy atom. The summed E-state index contributed by atoms with van der Waals surface area (Å²) in [5, 5.41) is -0.172. The van der Waals surface area contributed by atoms with Crippen molar-refractivity contribution in [3.05, 3.63) is 0 Å². The molecule has 0 aromatic carbocycles. The topological polar surface area (TPSA) is 37.4 Å². The summed E-state index contributed by atoms with van der Waals surface area (Å²) in [5.74, 6) is -0.123. The maximum absolute atomic E-state index is 11.6. The molecule has 1 rings (SSSR count). The minimum atomic E-state index is -0.172. The van der Waals surface area contributed by atoms with Crippen LogP contribution in [0.1, 0.15) is 33.6 Å². The molecule has 0 spiro atoms. The molecule has 1 atom stereocenters. The van der Waals surface area contributed by atoms with Crippen LogP contribution in [0.3, 0.4) is 0 Å². The van der Waals surface area contributed by atoms with Crippen LogP contribution in [0.25, 0.3) is 0 Å². The van der Waals surface area contributed by atoms with Crippen LogP contribution in [0.2, 0.25) is 0 Å². The number of carbonyl (C=O) groups excluding carboxylic acids is 2. The summed E-state index contributed by atoms with van der Waals surface area (Å²) in [7, 11) is 0. The van der Waals surface area contributed by atoms with Gasteiger partial charge in [0.25, 0.3) is 5.91 Å². The van der Waals surface area contributed by atoms with Gasteiger partial charge in [-0.1, -0.05) is 20.8 Å². The molecular formula is C9H14INO2S. The van der Waals surface area contributed by atoms with E-state index in [0.29, 0.717) is 6.42 Å². The van der Waals surface area contributed by atoms with E-state index >= 15 is 0 Å². The second-order valence-corrected chi connectivity index (χ2v) is 6.81. The number of thioether (sulfide) groups is 1. The van der Waals surface area contributed by atoms with Crippen molar-refractivity contribution in [2.45, 2.75) is 43.6 Å². The fraction of sp³-hybridized carbons (Fsp3) is 0.778. The second-order valence-electron chi connectivity index (χ2n) is 3.94. The first-order valence-electron chi connectivity index (χ1n) is 4.58. The molecule has 0 aromatic heterocycles. The standard InChI is InChI=1S/C9H14INO2S/c1-4-9(2,3)14-6-5-7(12)11(10)8(6)13/h6H,4-5H2,1-3H3. The quantitative estimate of drug-likeness (QED) is 0.454. The molecule has 1 unspecified atom stereocenters. The predicted molar refractivity (Wildman–Crippen MR) is 66.2 cm³/mol. The van der Waals surface area contributed by atoms with Gasteiger partial charge in [0.1, 0.15) is 0 Å². The fourth-order valence-electron chi connectivity index (χ4n) is 1.14. The summed E-state index contributed by atoms with van der Waals surface area (Å²) in [6.07, 6.45) is 1.35. The summed E-state index contributed by atoms with van der Waals surface area (Å²) in [6.45, 7) is 6.30. The number of halogens is 1. The van der Waals surface area contributed by atoms with Gasteiger partial charge in [-0.05, 0) is 6.42 Å². The number of hydrogen-bond acceptors (Lipinski definition) is 3. The third kappa shape index (κ3) is 2.62. The highest BCUT2D eigenvalue weighted by Gasteiger charge is 2.40. The van der Waals surface area contributed by atoms with Gasteiger partial charge in [0.15, 0.2) is 0 Å². The van der Waals surface area contributed by atoms with E-state index in [1.165, 1.54) is 3.11 Å². The molecule has 5 heteroatoms. The summed E-state index contributed by atoms with van der Waals surface area (Å²) in [4.78, 5) is 22.8. The Balaban J connectivity index is 2.64. The average Bonchev–Trinajstić information content (AvgIpc) is 2.33. The molecule has 0 saturated carbocycles. The van der Waals surface area contributed by atoms with Crippen LogP contribution in [-0.4, -0.2) is 24.9 Å². The molecule has 0 aliphatic carbocycles. The lowest BCUT2D eigenvalue weighted by molar-refractivity contribution is -0.130. The fourth-order valence-corrected chi connectivity index (χ4v) is 3.23. The van der Waals surface area contributed by atoms with Crippen LogP contribution in [0.5, 0.6) is 0 Å². The Bertz CT molecular complexity index is 268. The van der Waals surface area contributed by atoms with Gasteiger partial charge < -0.3 is 0 Å². The van der Waals surface area contributed by atoms with E-state index in [4.69, 9.17) is 0 Å². The SMILES string of the molecule is CCC(C)(C)SC1CC(=O)N(I)C1=O. The summed E-state index contributed by atoms with van der Waals surface area (Å²) >= 11 is 3.39. The molecule has 0 N–H and O–H groups in total. The van der Waals surface area contributed by atoms with Gasteiger partial charge in [-0.2, -0.15) is 0 Å². The van der Waals surface area contributed by atoms with Crippen molar-refractivity contribution in [1.29, 1.82) is 0 Å². The van der Waals surface area contributed by atoms with E-state index in [9.17, 15) is 9.59 Å². The van der Waals surface area contributed by atoms with E-state index in [0.717, 1.165) is 6.42 Å². The average molecular weight is 327 g/mol. The van der Waals surface area contributed by atoms with Gasteiger partial charge in [0.2, 0.25) is 5.91 Å². The zero-order valence-corrected chi connectivity index (χ0v) is 11.5. The van der Waals surface area contributed by atoms with E-state index in [1.54, 1.807) is 34.6 Å². The lowest BCUT2D eigenvalue weighted by Gasteiger charge is -2.24. The van der Waals surface area contributed by atoms with Crippen molar-refractivity contribution in [3.8, 4) is 0 Å². The van der Waals surface area contributed by atoms with Crippen LogP contribution >= 0.6 is 34.6 Å². The minimum Gasteiger partial charge on any atom is -0.274 e. The van der Waals surface area contributed by atoms with Gasteiger partial charge in [0, 0.05) is 11.2 Å². The van der Waals surface area contributed by atoms with Gasteiger partial charge in [-0.15, -0.1) is 11.8 Å². The van der Waals surface area contributed by atoms with Crippen LogP contribution in [-0.2, 0) is 9.59 Å². The molecule has 1 aliphatic heterocycles. The maximum Gasteiger partial charge on any atom is 0.251 e. The lowest BCUT2D eigenvalue weighted by Crippen LogP contribution is -2.25. The number of amides is 2. The summed E-state index contributed by atoms with van der Waals surface area (Å²) < 4.78 is 1.28. The molecule has 1 saturated heterocycles. The molecule has 14 heavy (non-hydrogen) atoms. The van der Waals surface area contributed by atoms with E-state index in [-0.39, 0.29) is 21.8 Å². The van der Waals surface area contributed by atoms with Crippen LogP contribution < -0.4 is 0 Å². The first-order valence-corrected chi connectivity index (χ1v) is 6.42. The highest BCUT2D eigenvalue weighted by Crippen LogP contribution is 2.37. The van der Waals surface area contributed by atoms with Crippen molar-refractivity contribution in [1.82, 2.24) is 3.11 Å². The third-order valence-electron chi connectivity index (χ3n) is 2.36. The summed E-state index contributed by atoms with van der Waals surface area (Å²) in [5.41, 5.74) is 0. The Morgan fingerprint density at radius 1 is 1.57 bits per heavy atom. The number of carbonyl (C=O) groups is 2. The Labute approximate surface area is 102 Å². The summed E-state index contributed by atoms with van der Waals surface area (Å²) in [6, 6.07) is 0. The number of nitrogens with zero attached hydrogens (tertiary/aromatic N) is 1. The smallest absolute Gasteiger partial charge is 0.251 e. The largest absolute Gasteiger partial charge is 0.274 e. The zero-order chi connectivity index (χ0) is 10.9. The number of hydrogen-bond donors (Lipinski definition) is 0. The predicted octanol–water partition coefficient (Wildman–Crippen LogP) is 2.39. The Kier molecular flexibility index (Phi) is 3.85. The van der Waals surface area contributed by atoms with Crippen LogP contribution in [0.4, 0.5) is 0 Å². The molecule has 0 bridgehead atoms. The first-order chi connectivity index (χ1) is 6.37. The maximum atomic E-state index is 11.6. The molecule has 0 aromatic rings. The molecule has 2 amide bonds. The van der Waals surface area contributed by atoms with E-state index < -0.39 is 0 Å². The van der Waals surface area contributed by atoms with E-state index in [2.05, 4.69) is 20.8 Å². The molecule has 1 heterocycles. The van der Waals surface area contributed by atoms with Crippen LogP contribution in [0.15, 0.2) is 0 Å². The highest BCUT2D eigenvalue weighted by molar-refractivity contribution is 14.1. The lowest BCUT2D eigenvalue weighted by atomic mass is 10.1. The molecule has 1 fully saturated rings. The normalized spacial score (nSPS) is 23.4. The van der Waals surface area contributed by atoms with Crippen molar-refractivity contribution >= 4 is 46.4 Å². The van der Waals surface area contributed by atoms with Crippen molar-refractivity contribution in [2.24, 2.45) is 0 Å². The highest BCUT2D eigenvalue weighted by atomic mass is 127. The van der Waals surface area contributed by atoms with Gasteiger partial charge >= 0.3 is 0 Å². The van der Waals surface area contributed by atoms with Gasteiger partial charge in [-0.3, -0.25) is 9.59 Å². The van der Waals surface area contributed by atoms with Gasteiger partial charge in [0.05, 0.1) is 28.1 Å². The monoisotopic (exact) mass is 327 g/mol. The van der Waals surface area contributed by atoms with Gasteiger partial charge in [-0.25, -0.2) is 3.11 Å². The first kappa shape index (κ1) is 12.3. The van der Waals surface area contributed by atoms with Crippen LogP contribution in [0, 0.1) is 0 Å². The minimum absolute atomic E-state index is 0.0536. The van der Waals surface area contributed by atoms with Crippen molar-refractivity contribution < 1.29 is 9.59 Å². The van der Waals surface area contributed by atoms with Crippen molar-refractivity contribution in [3.63, 3.8) is 0 Å². The Morgan fingerprint density at radius 2 is 2.14 bits per heavy atom. The molecule has 0 radical (unpaired) electrons. The Hall–Kier alpha value is 0.220. The second kappa shape index (κ2) is 4.38. The number of rotatable bonds is 3. The third-order valence-corrected chi connectivity index (χ3v) is 4.95. The van der Waals surface area contributed by atoms with E-state index in [1.807, 2.05) is 0 Å². The molecule has 3 nitrogen and oxygen atoms in total. The number of imide groups is 1.